The molecule has 1 aromatic carbocycles. The van der Waals surface area contributed by atoms with E-state index in [0.29, 0.717) is 19.3 Å². The van der Waals surface area contributed by atoms with Crippen LogP contribution < -0.4 is 4.74 Å². The smallest absolute Gasteiger partial charge is 0.119 e. The number of fused-ring (bicyclic) bond motifs is 2. The number of ether oxygens (including phenoxy) is 1. The van der Waals surface area contributed by atoms with Crippen molar-refractivity contribution in [3.63, 3.8) is 0 Å². The van der Waals surface area contributed by atoms with Gasteiger partial charge in [-0.15, -0.1) is 0 Å². The van der Waals surface area contributed by atoms with E-state index in [0.717, 1.165) is 24.2 Å². The van der Waals surface area contributed by atoms with Crippen molar-refractivity contribution in [2.24, 2.45) is 0 Å². The molecule has 4 heteroatoms. The zero-order chi connectivity index (χ0) is 13.5. The van der Waals surface area contributed by atoms with E-state index >= 15 is 0 Å². The van der Waals surface area contributed by atoms with Crippen LogP contribution in [0.25, 0.3) is 0 Å². The molecule has 0 spiro atoms. The predicted molar refractivity (Wildman–Crippen MR) is 75.8 cm³/mol. The second kappa shape index (κ2) is 4.91. The van der Waals surface area contributed by atoms with E-state index in [2.05, 4.69) is 0 Å². The Labute approximate surface area is 116 Å². The molecule has 2 heterocycles. The van der Waals surface area contributed by atoms with Crippen LogP contribution in [-0.2, 0) is 17.2 Å². The minimum atomic E-state index is -0.714. The summed E-state index contributed by atoms with van der Waals surface area (Å²) < 4.78 is 17.2. The quantitative estimate of drug-likeness (QED) is 0.921. The van der Waals surface area contributed by atoms with Gasteiger partial charge < -0.3 is 9.84 Å². The molecular weight excluding hydrogens is 260 g/mol. The Kier molecular flexibility index (Phi) is 3.39. The molecule has 104 valence electrons. The van der Waals surface area contributed by atoms with Crippen molar-refractivity contribution >= 4 is 10.8 Å². The Morgan fingerprint density at radius 2 is 2.05 bits per heavy atom. The molecule has 2 aliphatic rings. The third kappa shape index (κ3) is 2.56. The average Bonchev–Trinajstić information content (AvgIpc) is 2.62. The summed E-state index contributed by atoms with van der Waals surface area (Å²) >= 11 is 0. The Hall–Kier alpha value is -0.870. The van der Waals surface area contributed by atoms with Crippen molar-refractivity contribution in [2.75, 3.05) is 7.11 Å². The second-order valence-electron chi connectivity index (χ2n) is 5.81. The third-order valence-electron chi connectivity index (χ3n) is 4.35. The van der Waals surface area contributed by atoms with Crippen LogP contribution in [0.5, 0.6) is 5.75 Å². The minimum Gasteiger partial charge on any atom is -0.497 e. The molecule has 19 heavy (non-hydrogen) atoms. The van der Waals surface area contributed by atoms with Gasteiger partial charge in [0.1, 0.15) is 5.75 Å². The number of benzene rings is 1. The molecule has 2 atom stereocenters. The monoisotopic (exact) mass is 280 g/mol. The Morgan fingerprint density at radius 3 is 2.68 bits per heavy atom. The van der Waals surface area contributed by atoms with Gasteiger partial charge in [-0.2, -0.15) is 0 Å². The lowest BCUT2D eigenvalue weighted by Gasteiger charge is -2.36. The summed E-state index contributed by atoms with van der Waals surface area (Å²) in [6.45, 7) is 0. The van der Waals surface area contributed by atoms with Gasteiger partial charge in [-0.25, -0.2) is 0 Å². The molecule has 2 saturated heterocycles. The topological polar surface area (TPSA) is 46.5 Å². The summed E-state index contributed by atoms with van der Waals surface area (Å²) in [7, 11) is 0.937. The van der Waals surface area contributed by atoms with E-state index in [1.165, 1.54) is 0 Å². The van der Waals surface area contributed by atoms with E-state index in [9.17, 15) is 9.32 Å². The molecule has 0 amide bonds. The van der Waals surface area contributed by atoms with E-state index in [-0.39, 0.29) is 10.5 Å². The summed E-state index contributed by atoms with van der Waals surface area (Å²) in [5.74, 6) is 0.823. The zero-order valence-corrected chi connectivity index (χ0v) is 12.0. The largest absolute Gasteiger partial charge is 0.497 e. The van der Waals surface area contributed by atoms with Crippen molar-refractivity contribution in [3.05, 3.63) is 29.8 Å². The van der Waals surface area contributed by atoms with Crippen LogP contribution in [0, 0.1) is 0 Å². The summed E-state index contributed by atoms with van der Waals surface area (Å²) in [6, 6.07) is 7.86. The predicted octanol–water partition coefficient (Wildman–Crippen LogP) is 2.04. The van der Waals surface area contributed by atoms with Crippen molar-refractivity contribution < 1.29 is 14.1 Å². The van der Waals surface area contributed by atoms with Gasteiger partial charge in [-0.3, -0.25) is 4.21 Å². The van der Waals surface area contributed by atoms with Crippen molar-refractivity contribution in [3.8, 4) is 5.75 Å². The lowest BCUT2D eigenvalue weighted by atomic mass is 9.87. The fourth-order valence-electron chi connectivity index (χ4n) is 3.48. The van der Waals surface area contributed by atoms with Gasteiger partial charge in [0.15, 0.2) is 0 Å². The second-order valence-corrected chi connectivity index (χ2v) is 7.80. The van der Waals surface area contributed by atoms with Gasteiger partial charge in [-0.1, -0.05) is 12.1 Å². The van der Waals surface area contributed by atoms with Gasteiger partial charge in [0, 0.05) is 27.7 Å². The highest BCUT2D eigenvalue weighted by Crippen LogP contribution is 2.42. The maximum absolute atomic E-state index is 12.0. The highest BCUT2D eigenvalue weighted by Gasteiger charge is 2.47. The lowest BCUT2D eigenvalue weighted by molar-refractivity contribution is 0.0230. The molecule has 2 bridgehead atoms. The first-order valence-corrected chi connectivity index (χ1v) is 8.12. The standard InChI is InChI=1S/C15H20O3S/c1-18-12-4-2-3-11(7-12)8-15(16)9-13-5-6-14(10-15)19(13)17/h2-4,7,13-14,16H,5-6,8-10H2,1H3. The molecule has 0 aromatic heterocycles. The van der Waals surface area contributed by atoms with Crippen LogP contribution in [0.2, 0.25) is 0 Å². The first kappa shape index (κ1) is 13.1. The molecule has 1 N–H and O–H groups in total. The van der Waals surface area contributed by atoms with Gasteiger partial charge >= 0.3 is 0 Å². The van der Waals surface area contributed by atoms with E-state index < -0.39 is 16.4 Å². The first-order valence-electron chi connectivity index (χ1n) is 6.84. The van der Waals surface area contributed by atoms with Gasteiger partial charge in [0.2, 0.25) is 0 Å². The normalized spacial score (nSPS) is 37.3. The number of methoxy groups -OCH3 is 1. The molecule has 0 saturated carbocycles. The number of hydrogen-bond donors (Lipinski definition) is 1. The Morgan fingerprint density at radius 1 is 1.37 bits per heavy atom. The molecule has 0 aliphatic carbocycles. The molecule has 2 aliphatic heterocycles. The molecule has 3 rings (SSSR count). The zero-order valence-electron chi connectivity index (χ0n) is 11.2. The van der Waals surface area contributed by atoms with Gasteiger partial charge in [-0.05, 0) is 43.4 Å². The molecule has 2 fully saturated rings. The fraction of sp³-hybridized carbons (Fsp3) is 0.600. The lowest BCUT2D eigenvalue weighted by Crippen LogP contribution is -2.44. The van der Waals surface area contributed by atoms with Crippen LogP contribution in [-0.4, -0.2) is 32.5 Å². The summed E-state index contributed by atoms with van der Waals surface area (Å²) in [6.07, 6.45) is 4.00. The molecule has 1 aromatic rings. The van der Waals surface area contributed by atoms with E-state index in [1.54, 1.807) is 7.11 Å². The number of hydrogen-bond acceptors (Lipinski definition) is 3. The summed E-state index contributed by atoms with van der Waals surface area (Å²) in [5, 5.41) is 11.2. The minimum absolute atomic E-state index is 0.203. The van der Waals surface area contributed by atoms with Crippen molar-refractivity contribution in [1.82, 2.24) is 0 Å². The average molecular weight is 280 g/mol. The number of aliphatic hydroxyl groups is 1. The van der Waals surface area contributed by atoms with Crippen LogP contribution in [0.1, 0.15) is 31.2 Å². The summed E-state index contributed by atoms with van der Waals surface area (Å²) in [4.78, 5) is 0. The van der Waals surface area contributed by atoms with E-state index in [1.807, 2.05) is 24.3 Å². The van der Waals surface area contributed by atoms with Crippen molar-refractivity contribution in [1.29, 1.82) is 0 Å². The maximum Gasteiger partial charge on any atom is 0.119 e. The SMILES string of the molecule is COc1cccc(CC2(O)CC3CCC(C2)S3=O)c1. The first-order chi connectivity index (χ1) is 9.09. The molecular formula is C15H20O3S. The van der Waals surface area contributed by atoms with Crippen LogP contribution in [0.4, 0.5) is 0 Å². The molecule has 2 unspecified atom stereocenters. The van der Waals surface area contributed by atoms with Crippen molar-refractivity contribution in [2.45, 2.75) is 48.2 Å². The maximum atomic E-state index is 12.0. The van der Waals surface area contributed by atoms with E-state index in [4.69, 9.17) is 4.74 Å². The Bertz CT molecular complexity index is 484. The highest BCUT2D eigenvalue weighted by molar-refractivity contribution is 7.86. The van der Waals surface area contributed by atoms with Crippen LogP contribution >= 0.6 is 0 Å². The molecule has 0 radical (unpaired) electrons. The molecule has 3 nitrogen and oxygen atoms in total. The Balaban J connectivity index is 1.77. The van der Waals surface area contributed by atoms with Crippen LogP contribution in [0.15, 0.2) is 24.3 Å². The third-order valence-corrected chi connectivity index (χ3v) is 6.47. The highest BCUT2D eigenvalue weighted by atomic mass is 32.2. The summed E-state index contributed by atoms with van der Waals surface area (Å²) in [5.41, 5.74) is 0.403. The number of rotatable bonds is 3. The van der Waals surface area contributed by atoms with Crippen LogP contribution in [0.3, 0.4) is 0 Å². The fourth-order valence-corrected chi connectivity index (χ4v) is 5.71. The van der Waals surface area contributed by atoms with Gasteiger partial charge in [0.05, 0.1) is 12.7 Å². The van der Waals surface area contributed by atoms with Gasteiger partial charge in [0.25, 0.3) is 0 Å².